The lowest BCUT2D eigenvalue weighted by Crippen LogP contribution is -2.32. The molecule has 3 heterocycles. The number of esters is 1. The van der Waals surface area contributed by atoms with Gasteiger partial charge in [-0.2, -0.15) is 0 Å². The number of aromatic nitrogens is 2. The van der Waals surface area contributed by atoms with Crippen molar-refractivity contribution in [1.29, 1.82) is 0 Å². The molecule has 3 aromatic rings. The highest BCUT2D eigenvalue weighted by atomic mass is 16.5. The summed E-state index contributed by atoms with van der Waals surface area (Å²) in [4.78, 5) is 40.4. The predicted octanol–water partition coefficient (Wildman–Crippen LogP) is 1.98. The van der Waals surface area contributed by atoms with Gasteiger partial charge in [0.1, 0.15) is 11.5 Å². The van der Waals surface area contributed by atoms with E-state index in [4.69, 9.17) is 9.47 Å². The quantitative estimate of drug-likeness (QED) is 0.701. The van der Waals surface area contributed by atoms with E-state index < -0.39 is 11.9 Å². The summed E-state index contributed by atoms with van der Waals surface area (Å²) in [5.74, 6) is -0.261. The monoisotopic (exact) mass is 366 g/mol. The number of aryl methyl sites for hydroxylation is 2. The lowest BCUT2D eigenvalue weighted by Gasteiger charge is -2.24. The van der Waals surface area contributed by atoms with Crippen molar-refractivity contribution in [3.63, 3.8) is 0 Å². The molecule has 0 amide bonds. The Morgan fingerprint density at radius 1 is 1.19 bits per heavy atom. The van der Waals surface area contributed by atoms with Crippen molar-refractivity contribution in [3.8, 4) is 11.5 Å². The molecule has 2 aromatic heterocycles. The molecule has 27 heavy (non-hydrogen) atoms. The highest BCUT2D eigenvalue weighted by molar-refractivity contribution is 5.82. The molecule has 7 nitrogen and oxygen atoms in total. The van der Waals surface area contributed by atoms with E-state index in [1.54, 1.807) is 45.3 Å². The normalized spacial score (nSPS) is 16.1. The van der Waals surface area contributed by atoms with Crippen LogP contribution >= 0.6 is 0 Å². The first kappa shape index (κ1) is 17.1. The molecule has 1 aliphatic rings. The Bertz CT molecular complexity index is 1210. The molecule has 1 atom stereocenters. The molecular weight excluding hydrogens is 348 g/mol. The van der Waals surface area contributed by atoms with E-state index in [9.17, 15) is 14.4 Å². The maximum absolute atomic E-state index is 13.0. The van der Waals surface area contributed by atoms with Crippen LogP contribution in [0.3, 0.4) is 0 Å². The van der Waals surface area contributed by atoms with Gasteiger partial charge in [0.05, 0.1) is 24.6 Å². The number of nitrogens with one attached hydrogen (secondary N) is 1. The Balaban J connectivity index is 1.99. The second-order valence-corrected chi connectivity index (χ2v) is 6.68. The first-order valence-corrected chi connectivity index (χ1v) is 8.51. The maximum Gasteiger partial charge on any atom is 0.312 e. The zero-order valence-electron chi connectivity index (χ0n) is 15.2. The van der Waals surface area contributed by atoms with Crippen LogP contribution in [0.5, 0.6) is 11.5 Å². The summed E-state index contributed by atoms with van der Waals surface area (Å²) < 4.78 is 12.0. The van der Waals surface area contributed by atoms with Crippen molar-refractivity contribution >= 4 is 16.9 Å². The number of benzene rings is 1. The third kappa shape index (κ3) is 2.71. The van der Waals surface area contributed by atoms with E-state index in [0.717, 1.165) is 5.39 Å². The van der Waals surface area contributed by atoms with E-state index in [1.165, 1.54) is 4.57 Å². The predicted molar refractivity (Wildman–Crippen MR) is 99.6 cm³/mol. The first-order chi connectivity index (χ1) is 12.9. The standard InChI is InChI=1S/C20H18N2O5/c1-10-6-16-18(19(24)21-10)13(9-17(23)27-16)14-7-11-4-5-12(26-3)8-15(11)22(2)20(14)25/h4-8,13H,9H2,1-3H3,(H,21,24). The highest BCUT2D eigenvalue weighted by Gasteiger charge is 2.33. The van der Waals surface area contributed by atoms with Gasteiger partial charge in [-0.05, 0) is 30.5 Å². The number of hydrogen-bond donors (Lipinski definition) is 1. The van der Waals surface area contributed by atoms with Gasteiger partial charge in [0.2, 0.25) is 0 Å². The van der Waals surface area contributed by atoms with Gasteiger partial charge in [-0.1, -0.05) is 0 Å². The maximum atomic E-state index is 13.0. The van der Waals surface area contributed by atoms with Crippen molar-refractivity contribution < 1.29 is 14.3 Å². The largest absolute Gasteiger partial charge is 0.497 e. The van der Waals surface area contributed by atoms with E-state index in [-0.39, 0.29) is 23.3 Å². The summed E-state index contributed by atoms with van der Waals surface area (Å²) in [5, 5.41) is 0.817. The van der Waals surface area contributed by atoms with Crippen LogP contribution in [0, 0.1) is 6.92 Å². The van der Waals surface area contributed by atoms with Crippen molar-refractivity contribution in [2.24, 2.45) is 7.05 Å². The lowest BCUT2D eigenvalue weighted by molar-refractivity contribution is -0.135. The Morgan fingerprint density at radius 3 is 2.70 bits per heavy atom. The van der Waals surface area contributed by atoms with E-state index in [0.29, 0.717) is 28.1 Å². The van der Waals surface area contributed by atoms with Gasteiger partial charge in [-0.25, -0.2) is 0 Å². The number of nitrogens with zero attached hydrogens (tertiary/aromatic N) is 1. The van der Waals surface area contributed by atoms with E-state index in [2.05, 4.69) is 4.98 Å². The molecule has 0 spiro atoms. The molecule has 7 heteroatoms. The average Bonchev–Trinajstić information content (AvgIpc) is 2.63. The van der Waals surface area contributed by atoms with Gasteiger partial charge in [-0.3, -0.25) is 14.4 Å². The number of carbonyl (C=O) groups is 1. The minimum atomic E-state index is -0.657. The second kappa shape index (κ2) is 6.12. The fraction of sp³-hybridized carbons (Fsp3) is 0.250. The Morgan fingerprint density at radius 2 is 1.96 bits per heavy atom. The Kier molecular flexibility index (Phi) is 3.87. The van der Waals surface area contributed by atoms with Gasteiger partial charge in [0.25, 0.3) is 11.1 Å². The van der Waals surface area contributed by atoms with Gasteiger partial charge in [-0.15, -0.1) is 0 Å². The molecular formula is C20H18N2O5. The Labute approximate surface area is 154 Å². The minimum Gasteiger partial charge on any atom is -0.497 e. The summed E-state index contributed by atoms with van der Waals surface area (Å²) in [6, 6.07) is 8.77. The third-order valence-corrected chi connectivity index (χ3v) is 4.95. The van der Waals surface area contributed by atoms with Crippen LogP contribution in [-0.4, -0.2) is 22.6 Å². The van der Waals surface area contributed by atoms with Crippen molar-refractivity contribution in [2.75, 3.05) is 7.11 Å². The number of pyridine rings is 2. The van der Waals surface area contributed by atoms with E-state index in [1.807, 2.05) is 6.07 Å². The summed E-state index contributed by atoms with van der Waals surface area (Å²) in [7, 11) is 3.22. The molecule has 1 N–H and O–H groups in total. The number of fused-ring (bicyclic) bond motifs is 2. The molecule has 0 saturated heterocycles. The van der Waals surface area contributed by atoms with Crippen molar-refractivity contribution in [2.45, 2.75) is 19.3 Å². The fourth-order valence-corrected chi connectivity index (χ4v) is 3.63. The number of rotatable bonds is 2. The van der Waals surface area contributed by atoms with Crippen molar-refractivity contribution in [3.05, 3.63) is 67.9 Å². The molecule has 1 aromatic carbocycles. The summed E-state index contributed by atoms with van der Waals surface area (Å²) in [6.45, 7) is 1.71. The molecule has 0 saturated carbocycles. The minimum absolute atomic E-state index is 0.0595. The molecule has 1 unspecified atom stereocenters. The number of methoxy groups -OCH3 is 1. The summed E-state index contributed by atoms with van der Waals surface area (Å²) in [5.41, 5.74) is 1.39. The number of ether oxygens (including phenoxy) is 2. The van der Waals surface area contributed by atoms with Crippen LogP contribution in [0.15, 0.2) is 39.9 Å². The molecule has 1 aliphatic heterocycles. The van der Waals surface area contributed by atoms with Gasteiger partial charge in [0, 0.05) is 36.4 Å². The number of carbonyl (C=O) groups excluding carboxylic acids is 1. The molecule has 0 radical (unpaired) electrons. The average molecular weight is 366 g/mol. The molecule has 0 aliphatic carbocycles. The van der Waals surface area contributed by atoms with Gasteiger partial charge < -0.3 is 19.0 Å². The van der Waals surface area contributed by atoms with Crippen LogP contribution in [0.2, 0.25) is 0 Å². The van der Waals surface area contributed by atoms with Crippen LogP contribution < -0.4 is 20.6 Å². The summed E-state index contributed by atoms with van der Waals surface area (Å²) in [6.07, 6.45) is -0.0595. The lowest BCUT2D eigenvalue weighted by atomic mass is 9.87. The van der Waals surface area contributed by atoms with Gasteiger partial charge >= 0.3 is 5.97 Å². The van der Waals surface area contributed by atoms with Crippen LogP contribution in [0.4, 0.5) is 0 Å². The molecule has 0 fully saturated rings. The van der Waals surface area contributed by atoms with Crippen LogP contribution in [-0.2, 0) is 11.8 Å². The molecule has 0 bridgehead atoms. The third-order valence-electron chi connectivity index (χ3n) is 4.95. The zero-order valence-corrected chi connectivity index (χ0v) is 15.2. The molecule has 138 valence electrons. The van der Waals surface area contributed by atoms with Crippen LogP contribution in [0.1, 0.15) is 29.2 Å². The smallest absolute Gasteiger partial charge is 0.312 e. The van der Waals surface area contributed by atoms with Crippen molar-refractivity contribution in [1.82, 2.24) is 9.55 Å². The fourth-order valence-electron chi connectivity index (χ4n) is 3.63. The second-order valence-electron chi connectivity index (χ2n) is 6.68. The van der Waals surface area contributed by atoms with Gasteiger partial charge in [0.15, 0.2) is 0 Å². The summed E-state index contributed by atoms with van der Waals surface area (Å²) >= 11 is 0. The first-order valence-electron chi connectivity index (χ1n) is 8.51. The zero-order chi connectivity index (χ0) is 19.3. The molecule has 4 rings (SSSR count). The van der Waals surface area contributed by atoms with E-state index >= 15 is 0 Å². The van der Waals surface area contributed by atoms with Crippen LogP contribution in [0.25, 0.3) is 10.9 Å². The highest BCUT2D eigenvalue weighted by Crippen LogP contribution is 2.36. The Hall–Kier alpha value is -3.35. The number of aromatic amines is 1. The number of hydrogen-bond acceptors (Lipinski definition) is 5. The number of H-pyrrole nitrogens is 1. The topological polar surface area (TPSA) is 90.4 Å². The SMILES string of the molecule is COc1ccc2cc(C3CC(=O)Oc4cc(C)[nH]c(=O)c43)c(=O)n(C)c2c1.